The summed E-state index contributed by atoms with van der Waals surface area (Å²) in [6.45, 7) is 1.27. The SMILES string of the molecule is Cl.OS1(O)N(CCCCNC2CCC2)c2ccccc2N1c1c(F)cccc1F. The zero-order valence-electron chi connectivity index (χ0n) is 15.9. The van der Waals surface area contributed by atoms with Crippen molar-refractivity contribution in [1.29, 1.82) is 0 Å². The topological polar surface area (TPSA) is 59.0 Å². The number of fused-ring (bicyclic) bond motifs is 1. The van der Waals surface area contributed by atoms with Crippen molar-refractivity contribution in [3.05, 3.63) is 54.1 Å². The van der Waals surface area contributed by atoms with Crippen molar-refractivity contribution < 1.29 is 17.9 Å². The van der Waals surface area contributed by atoms with E-state index in [0.717, 1.165) is 35.8 Å². The van der Waals surface area contributed by atoms with E-state index in [9.17, 15) is 17.9 Å². The highest BCUT2D eigenvalue weighted by molar-refractivity contribution is 8.27. The smallest absolute Gasteiger partial charge is 0.151 e. The van der Waals surface area contributed by atoms with Gasteiger partial charge in [0.1, 0.15) is 5.69 Å². The van der Waals surface area contributed by atoms with Crippen molar-refractivity contribution in [1.82, 2.24) is 5.32 Å². The maximum absolute atomic E-state index is 14.4. The van der Waals surface area contributed by atoms with Crippen LogP contribution in [0, 0.1) is 11.6 Å². The molecule has 160 valence electrons. The molecule has 3 N–H and O–H groups in total. The van der Waals surface area contributed by atoms with Crippen LogP contribution in [0.4, 0.5) is 25.8 Å². The fourth-order valence-corrected chi connectivity index (χ4v) is 5.50. The summed E-state index contributed by atoms with van der Waals surface area (Å²) < 4.78 is 53.2. The molecule has 2 aromatic carbocycles. The largest absolute Gasteiger partial charge is 0.314 e. The number of hydrogen-bond acceptors (Lipinski definition) is 5. The Bertz CT molecular complexity index is 834. The maximum Gasteiger partial charge on any atom is 0.151 e. The number of hydrogen-bond donors (Lipinski definition) is 3. The van der Waals surface area contributed by atoms with Crippen molar-refractivity contribution in [3.8, 4) is 0 Å². The molecule has 1 aliphatic carbocycles. The second-order valence-electron chi connectivity index (χ2n) is 7.23. The molecular formula is C20H26ClF2N3O2S. The van der Waals surface area contributed by atoms with Crippen LogP contribution in [0.5, 0.6) is 0 Å². The molecule has 0 saturated heterocycles. The van der Waals surface area contributed by atoms with Gasteiger partial charge >= 0.3 is 0 Å². The number of rotatable bonds is 7. The van der Waals surface area contributed by atoms with Gasteiger partial charge in [-0.05, 0) is 67.5 Å². The molecule has 0 unspecified atom stereocenters. The normalized spacial score (nSPS) is 18.8. The minimum atomic E-state index is -3.62. The van der Waals surface area contributed by atoms with Crippen molar-refractivity contribution in [2.75, 3.05) is 21.7 Å². The summed E-state index contributed by atoms with van der Waals surface area (Å²) in [6, 6.07) is 11.0. The van der Waals surface area contributed by atoms with Gasteiger partial charge in [-0.15, -0.1) is 12.4 Å². The standard InChI is InChI=1S/C20H25F2N3O2S.ClH/c21-16-9-6-10-17(22)20(16)25-19-12-2-1-11-18(19)24(28(25,26)27)14-4-3-13-23-15-7-5-8-15;/h1-2,6,9-12,15,23,26-27H,3-5,7-8,13-14H2;1H. The lowest BCUT2D eigenvalue weighted by Gasteiger charge is -2.43. The van der Waals surface area contributed by atoms with Crippen LogP contribution in [-0.2, 0) is 0 Å². The summed E-state index contributed by atoms with van der Waals surface area (Å²) in [4.78, 5) is 0. The maximum atomic E-state index is 14.4. The molecule has 0 bridgehead atoms. The lowest BCUT2D eigenvalue weighted by atomic mass is 9.93. The van der Waals surface area contributed by atoms with Gasteiger partial charge in [-0.2, -0.15) is 0 Å². The first-order chi connectivity index (χ1) is 13.5. The van der Waals surface area contributed by atoms with Gasteiger partial charge in [-0.25, -0.2) is 13.1 Å². The lowest BCUT2D eigenvalue weighted by molar-refractivity contribution is 0.338. The molecule has 29 heavy (non-hydrogen) atoms. The average Bonchev–Trinajstić information content (AvgIpc) is 2.84. The molecule has 0 radical (unpaired) electrons. The fourth-order valence-electron chi connectivity index (χ4n) is 3.68. The Labute approximate surface area is 177 Å². The van der Waals surface area contributed by atoms with Crippen LogP contribution >= 0.6 is 23.4 Å². The zero-order chi connectivity index (χ0) is 19.7. The van der Waals surface area contributed by atoms with Crippen LogP contribution < -0.4 is 13.9 Å². The van der Waals surface area contributed by atoms with Crippen LogP contribution in [0.3, 0.4) is 0 Å². The number of benzene rings is 2. The van der Waals surface area contributed by atoms with Gasteiger partial charge in [0.05, 0.1) is 11.4 Å². The van der Waals surface area contributed by atoms with E-state index in [1.165, 1.54) is 29.6 Å². The predicted octanol–water partition coefficient (Wildman–Crippen LogP) is 5.85. The highest BCUT2D eigenvalue weighted by Gasteiger charge is 2.43. The molecule has 1 aliphatic heterocycles. The van der Waals surface area contributed by atoms with E-state index < -0.39 is 28.3 Å². The van der Waals surface area contributed by atoms with E-state index >= 15 is 0 Å². The van der Waals surface area contributed by atoms with E-state index in [1.807, 2.05) is 0 Å². The molecule has 1 saturated carbocycles. The first-order valence-electron chi connectivity index (χ1n) is 9.63. The molecule has 9 heteroatoms. The van der Waals surface area contributed by atoms with E-state index in [4.69, 9.17) is 0 Å². The summed E-state index contributed by atoms with van der Waals surface area (Å²) in [5, 5.41) is 3.49. The highest BCUT2D eigenvalue weighted by atomic mass is 35.5. The van der Waals surface area contributed by atoms with Gasteiger partial charge < -0.3 is 5.32 Å². The van der Waals surface area contributed by atoms with Gasteiger partial charge in [0.15, 0.2) is 11.6 Å². The van der Waals surface area contributed by atoms with E-state index in [1.54, 1.807) is 24.3 Å². The second-order valence-corrected chi connectivity index (χ2v) is 9.02. The minimum Gasteiger partial charge on any atom is -0.314 e. The Morgan fingerprint density at radius 3 is 2.24 bits per heavy atom. The monoisotopic (exact) mass is 445 g/mol. The third kappa shape index (κ3) is 4.18. The molecular weight excluding hydrogens is 420 g/mol. The highest BCUT2D eigenvalue weighted by Crippen LogP contribution is 2.64. The summed E-state index contributed by atoms with van der Waals surface area (Å²) in [7, 11) is -3.62. The van der Waals surface area contributed by atoms with Gasteiger partial charge in [0.2, 0.25) is 0 Å². The average molecular weight is 446 g/mol. The predicted molar refractivity (Wildman–Crippen MR) is 117 cm³/mol. The molecule has 0 spiro atoms. The lowest BCUT2D eigenvalue weighted by Crippen LogP contribution is -2.36. The summed E-state index contributed by atoms with van der Waals surface area (Å²) in [6.07, 6.45) is 5.36. The van der Waals surface area contributed by atoms with Crippen LogP contribution in [0.2, 0.25) is 0 Å². The van der Waals surface area contributed by atoms with Crippen molar-refractivity contribution in [2.24, 2.45) is 0 Å². The third-order valence-corrected chi connectivity index (χ3v) is 7.22. The van der Waals surface area contributed by atoms with Gasteiger partial charge in [-0.3, -0.25) is 13.4 Å². The van der Waals surface area contributed by atoms with Gasteiger partial charge in [0, 0.05) is 12.6 Å². The quantitative estimate of drug-likeness (QED) is 0.467. The second kappa shape index (κ2) is 9.06. The molecule has 2 aromatic rings. The Morgan fingerprint density at radius 2 is 1.62 bits per heavy atom. The molecule has 0 aromatic heterocycles. The first-order valence-corrected chi connectivity index (χ1v) is 11.1. The molecule has 1 heterocycles. The van der Waals surface area contributed by atoms with Crippen molar-refractivity contribution >= 4 is 40.4 Å². The summed E-state index contributed by atoms with van der Waals surface area (Å²) >= 11 is 0. The molecule has 5 nitrogen and oxygen atoms in total. The number of anilines is 3. The van der Waals surface area contributed by atoms with E-state index in [-0.39, 0.29) is 12.4 Å². The van der Waals surface area contributed by atoms with Crippen molar-refractivity contribution in [3.63, 3.8) is 0 Å². The number of nitrogens with one attached hydrogen (secondary N) is 1. The van der Waals surface area contributed by atoms with E-state index in [2.05, 4.69) is 5.32 Å². The summed E-state index contributed by atoms with van der Waals surface area (Å²) in [5.41, 5.74) is 0.514. The zero-order valence-corrected chi connectivity index (χ0v) is 17.6. The van der Waals surface area contributed by atoms with Crippen LogP contribution in [0.15, 0.2) is 42.5 Å². The molecule has 1 fully saturated rings. The van der Waals surface area contributed by atoms with E-state index in [0.29, 0.717) is 24.0 Å². The van der Waals surface area contributed by atoms with Gasteiger partial charge in [0.25, 0.3) is 0 Å². The number of para-hydroxylation sites is 3. The molecule has 4 rings (SSSR count). The Balaban J connectivity index is 0.00000240. The van der Waals surface area contributed by atoms with Crippen LogP contribution in [0.1, 0.15) is 32.1 Å². The first kappa shape index (κ1) is 22.1. The number of unbranched alkanes of at least 4 members (excludes halogenated alkanes) is 1. The number of nitrogens with zero attached hydrogens (tertiary/aromatic N) is 2. The molecule has 0 amide bonds. The summed E-state index contributed by atoms with van der Waals surface area (Å²) in [5.74, 6) is -1.66. The fraction of sp³-hybridized carbons (Fsp3) is 0.400. The Kier molecular flexibility index (Phi) is 6.90. The minimum absolute atomic E-state index is 0. The van der Waals surface area contributed by atoms with Crippen molar-refractivity contribution in [2.45, 2.75) is 38.1 Å². The van der Waals surface area contributed by atoms with Gasteiger partial charge in [-0.1, -0.05) is 24.6 Å². The van der Waals surface area contributed by atoms with Crippen LogP contribution in [-0.4, -0.2) is 28.2 Å². The Hall–Kier alpha value is -1.58. The molecule has 2 aliphatic rings. The van der Waals surface area contributed by atoms with Crippen LogP contribution in [0.25, 0.3) is 0 Å². The third-order valence-electron chi connectivity index (χ3n) is 5.38. The Morgan fingerprint density at radius 1 is 0.966 bits per heavy atom. The molecule has 0 atom stereocenters. The number of halogens is 3.